The molecular formula is C27H26Cl3NO5S. The van der Waals surface area contributed by atoms with Crippen molar-refractivity contribution in [1.82, 2.24) is 0 Å². The average molecular weight is 583 g/mol. The third-order valence-corrected chi connectivity index (χ3v) is 7.51. The van der Waals surface area contributed by atoms with Gasteiger partial charge in [0.05, 0.1) is 25.9 Å². The van der Waals surface area contributed by atoms with Gasteiger partial charge in [0.15, 0.2) is 6.29 Å². The molecule has 0 aromatic heterocycles. The fourth-order valence-electron chi connectivity index (χ4n) is 3.87. The molecule has 3 aromatic carbocycles. The summed E-state index contributed by atoms with van der Waals surface area (Å²) in [4.78, 5) is 13.0. The normalized spacial score (nSPS) is 19.9. The fraction of sp³-hybridized carbons (Fsp3) is 0.296. The summed E-state index contributed by atoms with van der Waals surface area (Å²) < 4.78 is 16.2. The first-order valence-electron chi connectivity index (χ1n) is 11.5. The number of aliphatic hydroxyl groups is 1. The minimum Gasteiger partial charge on any atom is -0.496 e. The molecule has 0 spiro atoms. The van der Waals surface area contributed by atoms with E-state index in [1.807, 2.05) is 48.5 Å². The number of nitrogens with one attached hydrogen (secondary N) is 1. The maximum absolute atomic E-state index is 12.0. The van der Waals surface area contributed by atoms with Gasteiger partial charge >= 0.3 is 0 Å². The van der Waals surface area contributed by atoms with E-state index < -0.39 is 16.0 Å². The van der Waals surface area contributed by atoms with Gasteiger partial charge in [0.2, 0.25) is 0 Å². The van der Waals surface area contributed by atoms with Crippen molar-refractivity contribution < 1.29 is 24.1 Å². The zero-order valence-electron chi connectivity index (χ0n) is 19.9. The zero-order valence-corrected chi connectivity index (χ0v) is 23.0. The van der Waals surface area contributed by atoms with Crippen LogP contribution in [0.25, 0.3) is 0 Å². The lowest BCUT2D eigenvalue weighted by Crippen LogP contribution is -2.31. The smallest absolute Gasteiger partial charge is 0.276 e. The minimum absolute atomic E-state index is 0.0170. The third-order valence-electron chi connectivity index (χ3n) is 5.81. The molecule has 1 aliphatic rings. The Morgan fingerprint density at radius 2 is 1.70 bits per heavy atom. The largest absolute Gasteiger partial charge is 0.496 e. The number of benzene rings is 3. The second-order valence-electron chi connectivity index (χ2n) is 8.39. The summed E-state index contributed by atoms with van der Waals surface area (Å²) >= 11 is 18.6. The summed E-state index contributed by atoms with van der Waals surface area (Å²) in [5.74, 6) is 0.776. The van der Waals surface area contributed by atoms with Gasteiger partial charge in [-0.25, -0.2) is 0 Å². The van der Waals surface area contributed by atoms with E-state index in [2.05, 4.69) is 5.32 Å². The second-order valence-corrected chi connectivity index (χ2v) is 11.7. The maximum atomic E-state index is 12.0. The van der Waals surface area contributed by atoms with Crippen molar-refractivity contribution in [1.29, 1.82) is 0 Å². The molecule has 0 aliphatic carbocycles. The molecule has 1 saturated heterocycles. The lowest BCUT2D eigenvalue weighted by Gasteiger charge is -2.36. The quantitative estimate of drug-likeness (QED) is 0.224. The molecule has 0 saturated carbocycles. The number of anilines is 1. The van der Waals surface area contributed by atoms with E-state index in [1.54, 1.807) is 43.1 Å². The molecule has 6 nitrogen and oxygen atoms in total. The highest BCUT2D eigenvalue weighted by Crippen LogP contribution is 2.40. The van der Waals surface area contributed by atoms with Crippen molar-refractivity contribution in [2.24, 2.45) is 0 Å². The molecule has 196 valence electrons. The van der Waals surface area contributed by atoms with Crippen LogP contribution in [0.15, 0.2) is 77.7 Å². The van der Waals surface area contributed by atoms with Gasteiger partial charge in [-0.05, 0) is 35.4 Å². The summed E-state index contributed by atoms with van der Waals surface area (Å²) in [6.45, 7) is -0.0170. The highest BCUT2D eigenvalue weighted by molar-refractivity contribution is 7.99. The first-order chi connectivity index (χ1) is 17.8. The molecule has 1 amide bonds. The van der Waals surface area contributed by atoms with Crippen LogP contribution in [0.2, 0.25) is 0 Å². The Morgan fingerprint density at radius 1 is 1.03 bits per heavy atom. The van der Waals surface area contributed by atoms with Crippen LogP contribution < -0.4 is 10.1 Å². The number of amides is 1. The van der Waals surface area contributed by atoms with Gasteiger partial charge in [0, 0.05) is 28.3 Å². The molecule has 4 rings (SSSR count). The Labute approximate surface area is 235 Å². The number of alkyl halides is 3. The van der Waals surface area contributed by atoms with Crippen molar-refractivity contribution in [3.05, 3.63) is 89.5 Å². The molecular weight excluding hydrogens is 557 g/mol. The summed E-state index contributed by atoms with van der Waals surface area (Å²) in [6.07, 6.45) is -0.287. The van der Waals surface area contributed by atoms with Crippen molar-refractivity contribution in [3.8, 4) is 5.75 Å². The molecule has 0 radical (unpaired) electrons. The minimum atomic E-state index is -2.06. The summed E-state index contributed by atoms with van der Waals surface area (Å²) in [5, 5.41) is 12.0. The molecule has 3 aromatic rings. The molecule has 10 heteroatoms. The van der Waals surface area contributed by atoms with E-state index in [1.165, 1.54) is 0 Å². The number of hydrogen-bond acceptors (Lipinski definition) is 6. The van der Waals surface area contributed by atoms with E-state index in [9.17, 15) is 9.90 Å². The number of halogens is 3. The third kappa shape index (κ3) is 7.54. The van der Waals surface area contributed by atoms with Crippen LogP contribution in [0, 0.1) is 0 Å². The molecule has 3 atom stereocenters. The van der Waals surface area contributed by atoms with Crippen molar-refractivity contribution in [2.45, 2.75) is 40.2 Å². The Kier molecular flexibility index (Phi) is 9.64. The molecule has 3 unspecified atom stereocenters. The number of aliphatic hydroxyl groups excluding tert-OH is 1. The van der Waals surface area contributed by atoms with Gasteiger partial charge in [-0.3, -0.25) is 4.79 Å². The number of para-hydroxylation sites is 1. The van der Waals surface area contributed by atoms with Crippen LogP contribution >= 0.6 is 46.6 Å². The van der Waals surface area contributed by atoms with E-state index in [0.29, 0.717) is 17.9 Å². The second kappa shape index (κ2) is 12.7. The van der Waals surface area contributed by atoms with Crippen LogP contribution in [0.4, 0.5) is 5.69 Å². The van der Waals surface area contributed by atoms with Gasteiger partial charge in [-0.15, -0.1) is 11.8 Å². The van der Waals surface area contributed by atoms with Crippen LogP contribution in [0.5, 0.6) is 5.75 Å². The fourth-order valence-corrected chi connectivity index (χ4v) is 5.06. The molecule has 37 heavy (non-hydrogen) atoms. The predicted molar refractivity (Wildman–Crippen MR) is 148 cm³/mol. The average Bonchev–Trinajstić information content (AvgIpc) is 2.91. The van der Waals surface area contributed by atoms with E-state index in [0.717, 1.165) is 27.3 Å². The number of methoxy groups -OCH3 is 1. The first kappa shape index (κ1) is 28.0. The SMILES string of the molecule is COc1ccccc1SCC1CC(c2ccc(CO)cc2)OC(c2ccc(NC(=O)C(Cl)(Cl)Cl)cc2)O1. The monoisotopic (exact) mass is 581 g/mol. The number of rotatable bonds is 8. The molecule has 1 fully saturated rings. The Bertz CT molecular complexity index is 1190. The summed E-state index contributed by atoms with van der Waals surface area (Å²) in [7, 11) is 1.66. The van der Waals surface area contributed by atoms with Gasteiger partial charge in [0.25, 0.3) is 9.70 Å². The number of carbonyl (C=O) groups excluding carboxylic acids is 1. The van der Waals surface area contributed by atoms with Crippen molar-refractivity contribution >= 4 is 58.2 Å². The highest BCUT2D eigenvalue weighted by atomic mass is 35.6. The number of carbonyl (C=O) groups is 1. The van der Waals surface area contributed by atoms with E-state index >= 15 is 0 Å². The number of hydrogen-bond donors (Lipinski definition) is 2. The van der Waals surface area contributed by atoms with Gasteiger partial charge in [-0.2, -0.15) is 0 Å². The lowest BCUT2D eigenvalue weighted by atomic mass is 10.0. The van der Waals surface area contributed by atoms with E-state index in [4.69, 9.17) is 49.0 Å². The predicted octanol–water partition coefficient (Wildman–Crippen LogP) is 6.83. The highest BCUT2D eigenvalue weighted by Gasteiger charge is 2.33. The molecule has 1 aliphatic heterocycles. The van der Waals surface area contributed by atoms with Crippen LogP contribution in [-0.2, 0) is 20.9 Å². The van der Waals surface area contributed by atoms with Gasteiger partial charge < -0.3 is 24.6 Å². The number of thioether (sulfide) groups is 1. The Balaban J connectivity index is 1.52. The van der Waals surface area contributed by atoms with Gasteiger partial charge in [0.1, 0.15) is 5.75 Å². The van der Waals surface area contributed by atoms with Crippen LogP contribution in [0.1, 0.15) is 35.5 Å². The topological polar surface area (TPSA) is 77.0 Å². The first-order valence-corrected chi connectivity index (χ1v) is 13.6. The zero-order chi connectivity index (χ0) is 26.4. The summed E-state index contributed by atoms with van der Waals surface area (Å²) in [5.41, 5.74) is 3.11. The molecule has 2 N–H and O–H groups in total. The summed E-state index contributed by atoms with van der Waals surface area (Å²) in [6, 6.07) is 22.6. The lowest BCUT2D eigenvalue weighted by molar-refractivity contribution is -0.245. The molecule has 0 bridgehead atoms. The van der Waals surface area contributed by atoms with Gasteiger partial charge in [-0.1, -0.05) is 83.3 Å². The maximum Gasteiger partial charge on any atom is 0.276 e. The Hall–Kier alpha value is -1.97. The van der Waals surface area contributed by atoms with Crippen molar-refractivity contribution in [3.63, 3.8) is 0 Å². The number of ether oxygens (including phenoxy) is 3. The van der Waals surface area contributed by atoms with Crippen LogP contribution in [0.3, 0.4) is 0 Å². The van der Waals surface area contributed by atoms with Crippen molar-refractivity contribution in [2.75, 3.05) is 18.2 Å². The van der Waals surface area contributed by atoms with E-state index in [-0.39, 0.29) is 18.8 Å². The van der Waals surface area contributed by atoms with Crippen LogP contribution in [-0.4, -0.2) is 33.8 Å². The standard InChI is InChI=1S/C27H26Cl3NO5S/c1-34-22-4-2-3-5-24(22)37-16-21-14-23(18-8-6-17(15-32)7-9-18)36-25(35-21)19-10-12-20(13-11-19)31-26(33)27(28,29)30/h2-13,21,23,25,32H,14-16H2,1H3,(H,31,33). The molecule has 1 heterocycles. The Morgan fingerprint density at radius 3 is 2.35 bits per heavy atom.